The van der Waals surface area contributed by atoms with Crippen molar-refractivity contribution in [3.63, 3.8) is 0 Å². The van der Waals surface area contributed by atoms with Gasteiger partial charge in [-0.1, -0.05) is 24.9 Å². The number of ether oxygens (including phenoxy) is 2. The lowest BCUT2D eigenvalue weighted by Gasteiger charge is -2.28. The number of benzene rings is 3. The van der Waals surface area contributed by atoms with Crippen LogP contribution in [0.4, 0.5) is 11.4 Å². The molecule has 0 atom stereocenters. The van der Waals surface area contributed by atoms with Crippen LogP contribution in [-0.4, -0.2) is 25.7 Å². The number of nitrogens with zero attached hydrogens (tertiary/aromatic N) is 2. The summed E-state index contributed by atoms with van der Waals surface area (Å²) in [6.07, 6.45) is 2.16. The number of anilines is 2. The molecule has 5 heteroatoms. The van der Waals surface area contributed by atoms with E-state index in [2.05, 4.69) is 36.1 Å². The minimum atomic E-state index is 0.679. The van der Waals surface area contributed by atoms with Crippen LogP contribution in [0, 0.1) is 0 Å². The Morgan fingerprint density at radius 1 is 0.833 bits per heavy atom. The molecule has 1 heterocycles. The van der Waals surface area contributed by atoms with Gasteiger partial charge in [0.15, 0.2) is 0 Å². The monoisotopic (exact) mass is 420 g/mol. The molecule has 0 aliphatic carbocycles. The molecule has 0 saturated heterocycles. The van der Waals surface area contributed by atoms with Crippen molar-refractivity contribution in [2.45, 2.75) is 19.8 Å². The summed E-state index contributed by atoms with van der Waals surface area (Å²) in [4.78, 5) is 7.24. The summed E-state index contributed by atoms with van der Waals surface area (Å²) in [6, 6.07) is 20.1. The Kier molecular flexibility index (Phi) is 5.96. The SMILES string of the molecule is CCCCN(c1ccc(OC)cc1)c1c2ccc(Cl)cc2nc2ccc(OC)cc12. The minimum absolute atomic E-state index is 0.679. The Morgan fingerprint density at radius 3 is 2.27 bits per heavy atom. The van der Waals surface area contributed by atoms with Crippen molar-refractivity contribution in [1.82, 2.24) is 4.98 Å². The number of unbranched alkanes of at least 4 members (excludes halogenated alkanes) is 1. The molecule has 0 saturated carbocycles. The quantitative estimate of drug-likeness (QED) is 0.301. The molecule has 154 valence electrons. The molecule has 30 heavy (non-hydrogen) atoms. The maximum Gasteiger partial charge on any atom is 0.119 e. The van der Waals surface area contributed by atoms with Crippen molar-refractivity contribution >= 4 is 44.8 Å². The van der Waals surface area contributed by atoms with Crippen LogP contribution in [-0.2, 0) is 0 Å². The van der Waals surface area contributed by atoms with Crippen LogP contribution in [0.3, 0.4) is 0 Å². The van der Waals surface area contributed by atoms with Gasteiger partial charge >= 0.3 is 0 Å². The number of fused-ring (bicyclic) bond motifs is 2. The van der Waals surface area contributed by atoms with Crippen molar-refractivity contribution in [2.75, 3.05) is 25.7 Å². The van der Waals surface area contributed by atoms with Gasteiger partial charge in [0.25, 0.3) is 0 Å². The third-order valence-corrected chi connectivity index (χ3v) is 5.54. The molecule has 0 bridgehead atoms. The molecule has 3 aromatic carbocycles. The van der Waals surface area contributed by atoms with Gasteiger partial charge in [-0.15, -0.1) is 0 Å². The summed E-state index contributed by atoms with van der Waals surface area (Å²) < 4.78 is 10.9. The summed E-state index contributed by atoms with van der Waals surface area (Å²) in [5.41, 5.74) is 4.01. The van der Waals surface area contributed by atoms with E-state index in [1.54, 1.807) is 14.2 Å². The first-order chi connectivity index (χ1) is 14.6. The zero-order chi connectivity index (χ0) is 21.1. The van der Waals surface area contributed by atoms with Crippen LogP contribution < -0.4 is 14.4 Å². The van der Waals surface area contributed by atoms with Crippen molar-refractivity contribution in [2.24, 2.45) is 0 Å². The molecular weight excluding hydrogens is 396 g/mol. The average molecular weight is 421 g/mol. The third-order valence-electron chi connectivity index (χ3n) is 5.30. The highest BCUT2D eigenvalue weighted by Gasteiger charge is 2.18. The van der Waals surface area contributed by atoms with Crippen molar-refractivity contribution in [3.05, 3.63) is 65.7 Å². The second-order valence-corrected chi connectivity index (χ2v) is 7.64. The van der Waals surface area contributed by atoms with E-state index < -0.39 is 0 Å². The Morgan fingerprint density at radius 2 is 1.57 bits per heavy atom. The van der Waals surface area contributed by atoms with Gasteiger partial charge in [-0.2, -0.15) is 0 Å². The molecule has 0 aliphatic rings. The lowest BCUT2D eigenvalue weighted by atomic mass is 10.0. The Labute approximate surface area is 182 Å². The van der Waals surface area contributed by atoms with Crippen LogP contribution in [0.25, 0.3) is 21.8 Å². The molecule has 0 radical (unpaired) electrons. The molecule has 4 nitrogen and oxygen atoms in total. The van der Waals surface area contributed by atoms with E-state index >= 15 is 0 Å². The average Bonchev–Trinajstić information content (AvgIpc) is 2.78. The Balaban J connectivity index is 2.02. The third kappa shape index (κ3) is 3.88. The molecule has 0 spiro atoms. The lowest BCUT2D eigenvalue weighted by Crippen LogP contribution is -2.19. The van der Waals surface area contributed by atoms with E-state index in [4.69, 9.17) is 26.1 Å². The molecule has 0 unspecified atom stereocenters. The number of rotatable bonds is 7. The van der Waals surface area contributed by atoms with Crippen LogP contribution in [0.1, 0.15) is 19.8 Å². The number of halogens is 1. The van der Waals surface area contributed by atoms with E-state index in [1.165, 1.54) is 0 Å². The Hall–Kier alpha value is -2.98. The summed E-state index contributed by atoms with van der Waals surface area (Å²) in [5.74, 6) is 1.65. The van der Waals surface area contributed by atoms with Crippen LogP contribution in [0.5, 0.6) is 11.5 Å². The van der Waals surface area contributed by atoms with Crippen LogP contribution in [0.15, 0.2) is 60.7 Å². The van der Waals surface area contributed by atoms with E-state index in [1.807, 2.05) is 36.4 Å². The van der Waals surface area contributed by atoms with E-state index in [0.29, 0.717) is 5.02 Å². The van der Waals surface area contributed by atoms with Gasteiger partial charge in [-0.25, -0.2) is 4.98 Å². The van der Waals surface area contributed by atoms with Crippen LogP contribution >= 0.6 is 11.6 Å². The van der Waals surface area contributed by atoms with Gasteiger partial charge in [0.2, 0.25) is 0 Å². The fourth-order valence-corrected chi connectivity index (χ4v) is 3.91. The summed E-state index contributed by atoms with van der Waals surface area (Å²) in [6.45, 7) is 3.09. The molecule has 4 rings (SSSR count). The number of pyridine rings is 1. The predicted octanol–water partition coefficient (Wildman–Crippen LogP) is 7.00. The number of hydrogen-bond donors (Lipinski definition) is 0. The van der Waals surface area contributed by atoms with E-state index in [-0.39, 0.29) is 0 Å². The zero-order valence-electron chi connectivity index (χ0n) is 17.5. The maximum atomic E-state index is 6.30. The molecule has 0 aliphatic heterocycles. The summed E-state index contributed by atoms with van der Waals surface area (Å²) in [5, 5.41) is 2.79. The first-order valence-corrected chi connectivity index (χ1v) is 10.5. The van der Waals surface area contributed by atoms with Crippen molar-refractivity contribution < 1.29 is 9.47 Å². The second-order valence-electron chi connectivity index (χ2n) is 7.21. The number of aromatic nitrogens is 1. The van der Waals surface area contributed by atoms with E-state index in [0.717, 1.165) is 64.1 Å². The van der Waals surface area contributed by atoms with Gasteiger partial charge < -0.3 is 14.4 Å². The van der Waals surface area contributed by atoms with Gasteiger partial charge in [-0.05, 0) is 67.1 Å². The summed E-state index contributed by atoms with van der Waals surface area (Å²) >= 11 is 6.30. The highest BCUT2D eigenvalue weighted by molar-refractivity contribution is 6.31. The van der Waals surface area contributed by atoms with Crippen LogP contribution in [0.2, 0.25) is 5.02 Å². The van der Waals surface area contributed by atoms with E-state index in [9.17, 15) is 0 Å². The predicted molar refractivity (Wildman–Crippen MR) is 126 cm³/mol. The maximum absolute atomic E-state index is 6.30. The first kappa shape index (κ1) is 20.3. The van der Waals surface area contributed by atoms with Gasteiger partial charge in [0, 0.05) is 28.0 Å². The zero-order valence-corrected chi connectivity index (χ0v) is 18.2. The van der Waals surface area contributed by atoms with Gasteiger partial charge in [0.1, 0.15) is 11.5 Å². The fourth-order valence-electron chi connectivity index (χ4n) is 3.74. The van der Waals surface area contributed by atoms with Gasteiger partial charge in [-0.3, -0.25) is 0 Å². The Bertz CT molecular complexity index is 1180. The second kappa shape index (κ2) is 8.80. The largest absolute Gasteiger partial charge is 0.497 e. The van der Waals surface area contributed by atoms with Gasteiger partial charge in [0.05, 0.1) is 30.9 Å². The minimum Gasteiger partial charge on any atom is -0.497 e. The molecule has 4 aromatic rings. The summed E-state index contributed by atoms with van der Waals surface area (Å²) in [7, 11) is 3.37. The highest BCUT2D eigenvalue weighted by atomic mass is 35.5. The molecular formula is C25H25ClN2O2. The topological polar surface area (TPSA) is 34.6 Å². The lowest BCUT2D eigenvalue weighted by molar-refractivity contribution is 0.415. The standard InChI is InChI=1S/C25H25ClN2O2/c1-4-5-14-28(18-7-9-19(29-2)10-8-18)25-21-12-6-17(26)15-24(21)27-23-13-11-20(30-3)16-22(23)25/h6-13,15-16H,4-5,14H2,1-3H3. The van der Waals surface area contributed by atoms with Crippen molar-refractivity contribution in [3.8, 4) is 11.5 Å². The molecule has 1 aromatic heterocycles. The highest BCUT2D eigenvalue weighted by Crippen LogP contribution is 2.40. The number of methoxy groups -OCH3 is 2. The normalized spacial score (nSPS) is 11.1. The molecule has 0 fully saturated rings. The molecule has 0 amide bonds. The number of hydrogen-bond acceptors (Lipinski definition) is 4. The van der Waals surface area contributed by atoms with Crippen molar-refractivity contribution in [1.29, 1.82) is 0 Å². The first-order valence-electron chi connectivity index (χ1n) is 10.1. The fraction of sp³-hybridized carbons (Fsp3) is 0.240. The molecule has 0 N–H and O–H groups in total. The smallest absolute Gasteiger partial charge is 0.119 e.